The van der Waals surface area contributed by atoms with Gasteiger partial charge in [0.15, 0.2) is 14.1 Å². The van der Waals surface area contributed by atoms with Gasteiger partial charge in [0.05, 0.1) is 18.3 Å². The molecule has 7 nitrogen and oxygen atoms in total. The number of esters is 1. The Morgan fingerprint density at radius 3 is 2.28 bits per heavy atom. The molecule has 0 bridgehead atoms. The third kappa shape index (κ3) is 3.30. The minimum absolute atomic E-state index is 0.0478. The number of hydrogen-bond donors (Lipinski definition) is 3. The van der Waals surface area contributed by atoms with Crippen LogP contribution in [0.15, 0.2) is 23.3 Å². The first-order valence-electron chi connectivity index (χ1n) is 13.1. The van der Waals surface area contributed by atoms with E-state index in [0.29, 0.717) is 11.1 Å². The molecule has 0 amide bonds. The summed E-state index contributed by atoms with van der Waals surface area (Å²) in [5.41, 5.74) is -4.01. The summed E-state index contributed by atoms with van der Waals surface area (Å²) in [7, 11) is -2.41. The van der Waals surface area contributed by atoms with Crippen molar-refractivity contribution in [2.24, 2.45) is 29.1 Å². The Kier molecular flexibility index (Phi) is 6.04. The molecule has 2 fully saturated rings. The highest BCUT2D eigenvalue weighted by Crippen LogP contribution is 2.77. The first-order chi connectivity index (χ1) is 16.2. The van der Waals surface area contributed by atoms with Gasteiger partial charge in [0.1, 0.15) is 11.2 Å². The van der Waals surface area contributed by atoms with Crippen molar-refractivity contribution in [3.05, 3.63) is 23.3 Å². The summed E-state index contributed by atoms with van der Waals surface area (Å²) in [5.74, 6) is -3.17. The SMILES string of the molecule is CC(=O)O[C@@]12[C@H](O[Si](C)(C)C(C)(C)C)[C@@H](C)[C@@]3(O)C(C=C(CO)C[C@]4(O)C(=O)C(C)=C[C@@H]34)[C@@H]1C2(C)C. The molecule has 0 spiro atoms. The lowest BCUT2D eigenvalue weighted by atomic mass is 9.59. The van der Waals surface area contributed by atoms with E-state index in [1.54, 1.807) is 13.0 Å². The number of Topliss-reactive ketones (excluding diaryl/α,β-unsaturated/α-hetero) is 1. The van der Waals surface area contributed by atoms with E-state index >= 15 is 0 Å². The number of ketones is 1. The molecule has 0 aromatic heterocycles. The van der Waals surface area contributed by atoms with E-state index in [9.17, 15) is 24.9 Å². The van der Waals surface area contributed by atoms with Crippen molar-refractivity contribution in [2.75, 3.05) is 6.61 Å². The normalized spacial score (nSPS) is 43.5. The molecule has 202 valence electrons. The van der Waals surface area contributed by atoms with Gasteiger partial charge in [-0.1, -0.05) is 53.7 Å². The van der Waals surface area contributed by atoms with Crippen LogP contribution in [0, 0.1) is 29.1 Å². The zero-order valence-corrected chi connectivity index (χ0v) is 24.4. The lowest BCUT2D eigenvalue weighted by Gasteiger charge is -2.55. The van der Waals surface area contributed by atoms with E-state index in [1.165, 1.54) is 6.92 Å². The number of carbonyl (C=O) groups excluding carboxylic acids is 2. The molecule has 0 aliphatic heterocycles. The maximum atomic E-state index is 13.2. The molecule has 8 atom stereocenters. The molecule has 36 heavy (non-hydrogen) atoms. The fourth-order valence-electron chi connectivity index (χ4n) is 7.56. The number of ether oxygens (including phenoxy) is 1. The van der Waals surface area contributed by atoms with Crippen LogP contribution in [0.4, 0.5) is 0 Å². The van der Waals surface area contributed by atoms with Crippen molar-refractivity contribution in [1.29, 1.82) is 0 Å². The van der Waals surface area contributed by atoms with E-state index in [2.05, 4.69) is 33.9 Å². The third-order valence-electron chi connectivity index (χ3n) is 10.5. The fraction of sp³-hybridized carbons (Fsp3) is 0.786. The zero-order chi connectivity index (χ0) is 27.4. The number of fused-ring (bicyclic) bond motifs is 5. The molecule has 0 heterocycles. The highest BCUT2D eigenvalue weighted by molar-refractivity contribution is 6.74. The van der Waals surface area contributed by atoms with Crippen LogP contribution in [0.5, 0.6) is 0 Å². The standard InChI is InChI=1S/C28H44O7Si/c1-15-11-20-26(32,22(15)31)13-18(14-29)12-19-21-25(7,8)28(21,34-17(3)30)23(16(2)27(19,20)33)35-36(9,10)24(4,5)6/h11-12,16,19-21,23,29,32-33H,13-14H2,1-10H3/t16-,19?,20-,21-,23-,26-,27-,28-/m1/s1. The highest BCUT2D eigenvalue weighted by atomic mass is 28.4. The monoisotopic (exact) mass is 520 g/mol. The van der Waals surface area contributed by atoms with Crippen LogP contribution >= 0.6 is 0 Å². The van der Waals surface area contributed by atoms with E-state index < -0.39 is 66.1 Å². The maximum Gasteiger partial charge on any atom is 0.303 e. The topological polar surface area (TPSA) is 113 Å². The Hall–Kier alpha value is -1.32. The number of aliphatic hydroxyl groups is 3. The summed E-state index contributed by atoms with van der Waals surface area (Å²) in [6.07, 6.45) is 2.86. The third-order valence-corrected chi connectivity index (χ3v) is 15.0. The predicted octanol–water partition coefficient (Wildman–Crippen LogP) is 3.53. The van der Waals surface area contributed by atoms with Gasteiger partial charge < -0.3 is 24.5 Å². The second-order valence-electron chi connectivity index (χ2n) is 13.8. The van der Waals surface area contributed by atoms with Gasteiger partial charge in [-0.25, -0.2) is 0 Å². The number of aliphatic hydroxyl groups excluding tert-OH is 1. The van der Waals surface area contributed by atoms with Crippen molar-refractivity contribution in [3.63, 3.8) is 0 Å². The molecule has 0 saturated heterocycles. The number of hydrogen-bond acceptors (Lipinski definition) is 7. The minimum atomic E-state index is -2.41. The lowest BCUT2D eigenvalue weighted by Crippen LogP contribution is -2.67. The van der Waals surface area contributed by atoms with Crippen LogP contribution in [0.25, 0.3) is 0 Å². The van der Waals surface area contributed by atoms with Crippen molar-refractivity contribution in [1.82, 2.24) is 0 Å². The van der Waals surface area contributed by atoms with Gasteiger partial charge in [0, 0.05) is 42.4 Å². The number of rotatable bonds is 4. The predicted molar refractivity (Wildman–Crippen MR) is 138 cm³/mol. The Labute approximate surface area is 216 Å². The summed E-state index contributed by atoms with van der Waals surface area (Å²) in [4.78, 5) is 25.8. The van der Waals surface area contributed by atoms with E-state index in [-0.39, 0.29) is 24.0 Å². The van der Waals surface area contributed by atoms with Crippen LogP contribution in [0.3, 0.4) is 0 Å². The molecule has 0 aromatic carbocycles. The molecule has 4 rings (SSSR count). The Morgan fingerprint density at radius 2 is 1.78 bits per heavy atom. The molecule has 4 aliphatic rings. The number of carbonyl (C=O) groups is 2. The highest BCUT2D eigenvalue weighted by Gasteiger charge is 2.87. The van der Waals surface area contributed by atoms with Gasteiger partial charge in [0.25, 0.3) is 0 Å². The second kappa shape index (κ2) is 7.85. The largest absolute Gasteiger partial charge is 0.456 e. The molecule has 0 radical (unpaired) electrons. The molecule has 3 N–H and O–H groups in total. The van der Waals surface area contributed by atoms with Gasteiger partial charge in [-0.05, 0) is 36.2 Å². The Bertz CT molecular complexity index is 1050. The summed E-state index contributed by atoms with van der Waals surface area (Å²) in [6, 6.07) is 0. The molecule has 8 heteroatoms. The second-order valence-corrected chi connectivity index (χ2v) is 18.6. The van der Waals surface area contributed by atoms with Crippen LogP contribution in [0.2, 0.25) is 18.1 Å². The molecular weight excluding hydrogens is 476 g/mol. The quantitative estimate of drug-likeness (QED) is 0.295. The van der Waals surface area contributed by atoms with Crippen LogP contribution in [-0.2, 0) is 18.8 Å². The van der Waals surface area contributed by atoms with Crippen LogP contribution in [-0.4, -0.2) is 64.9 Å². The van der Waals surface area contributed by atoms with E-state index in [1.807, 2.05) is 26.8 Å². The smallest absolute Gasteiger partial charge is 0.303 e. The van der Waals surface area contributed by atoms with Crippen molar-refractivity contribution in [2.45, 2.75) is 103 Å². The maximum absolute atomic E-state index is 13.2. The van der Waals surface area contributed by atoms with Gasteiger partial charge in [-0.15, -0.1) is 0 Å². The average Bonchev–Trinajstić information content (AvgIpc) is 3.16. The van der Waals surface area contributed by atoms with E-state index in [4.69, 9.17) is 9.16 Å². The van der Waals surface area contributed by atoms with Gasteiger partial charge in [-0.3, -0.25) is 9.59 Å². The molecule has 1 unspecified atom stereocenters. The van der Waals surface area contributed by atoms with Gasteiger partial charge in [-0.2, -0.15) is 0 Å². The zero-order valence-electron chi connectivity index (χ0n) is 23.4. The van der Waals surface area contributed by atoms with Crippen LogP contribution < -0.4 is 0 Å². The lowest BCUT2D eigenvalue weighted by molar-refractivity contribution is -0.215. The molecule has 4 aliphatic carbocycles. The molecular formula is C28H44O7Si. The minimum Gasteiger partial charge on any atom is -0.456 e. The van der Waals surface area contributed by atoms with Crippen LogP contribution in [0.1, 0.15) is 61.8 Å². The van der Waals surface area contributed by atoms with Gasteiger partial charge in [0.2, 0.25) is 0 Å². The first-order valence-corrected chi connectivity index (χ1v) is 16.0. The Morgan fingerprint density at radius 1 is 1.19 bits per heavy atom. The van der Waals surface area contributed by atoms with Crippen molar-refractivity contribution >= 4 is 20.1 Å². The summed E-state index contributed by atoms with van der Waals surface area (Å²) >= 11 is 0. The Balaban J connectivity index is 1.98. The van der Waals surface area contributed by atoms with Gasteiger partial charge >= 0.3 is 5.97 Å². The summed E-state index contributed by atoms with van der Waals surface area (Å²) in [6.45, 7) is 19.4. The summed E-state index contributed by atoms with van der Waals surface area (Å²) < 4.78 is 13.2. The molecule has 0 aromatic rings. The van der Waals surface area contributed by atoms with E-state index in [0.717, 1.165) is 0 Å². The first kappa shape index (κ1) is 27.7. The fourth-order valence-corrected chi connectivity index (χ4v) is 8.92. The van der Waals surface area contributed by atoms with Crippen molar-refractivity contribution < 1.29 is 34.1 Å². The average molecular weight is 521 g/mol. The van der Waals surface area contributed by atoms with Crippen molar-refractivity contribution in [3.8, 4) is 0 Å². The summed E-state index contributed by atoms with van der Waals surface area (Å²) in [5, 5.41) is 34.6. The molecule has 2 saturated carbocycles.